The number of carbonyl (C=O) groups is 2. The van der Waals surface area contributed by atoms with Crippen LogP contribution in [0.3, 0.4) is 0 Å². The van der Waals surface area contributed by atoms with Gasteiger partial charge in [0.15, 0.2) is 17.9 Å². The Morgan fingerprint density at radius 2 is 1.97 bits per heavy atom. The van der Waals surface area contributed by atoms with Crippen LogP contribution in [0.2, 0.25) is 0 Å². The molecule has 1 amide bonds. The number of methoxy groups -OCH3 is 1. The number of rotatable bonds is 7. The standard InChI is InChI=1S/C25H26N2O5/c1-17-14-19(27-12-3-4-13-27)8-10-21(17)26-23(28)16-31-24(29)11-9-20-15-18-6-5-7-22(30-2)25(18)32-20/h5-11,14-15H,3-4,12-13,16H2,1-2H3,(H,26,28). The van der Waals surface area contributed by atoms with E-state index in [1.807, 2.05) is 31.2 Å². The predicted molar refractivity (Wildman–Crippen MR) is 124 cm³/mol. The Balaban J connectivity index is 1.30. The lowest BCUT2D eigenvalue weighted by Gasteiger charge is -2.19. The highest BCUT2D eigenvalue weighted by Gasteiger charge is 2.14. The highest BCUT2D eigenvalue weighted by Crippen LogP contribution is 2.29. The monoisotopic (exact) mass is 434 g/mol. The summed E-state index contributed by atoms with van der Waals surface area (Å²) in [6.45, 7) is 3.71. The third-order valence-electron chi connectivity index (χ3n) is 5.43. The molecule has 166 valence electrons. The van der Waals surface area contributed by atoms with Gasteiger partial charge in [0.05, 0.1) is 7.11 Å². The number of benzene rings is 2. The molecule has 1 saturated heterocycles. The minimum absolute atomic E-state index is 0.371. The van der Waals surface area contributed by atoms with Gasteiger partial charge in [-0.15, -0.1) is 0 Å². The molecule has 0 radical (unpaired) electrons. The number of furan rings is 1. The average molecular weight is 434 g/mol. The molecule has 2 heterocycles. The van der Waals surface area contributed by atoms with E-state index in [0.717, 1.165) is 29.7 Å². The molecule has 0 saturated carbocycles. The maximum Gasteiger partial charge on any atom is 0.331 e. The second-order valence-corrected chi connectivity index (χ2v) is 7.71. The van der Waals surface area contributed by atoms with E-state index in [0.29, 0.717) is 22.8 Å². The zero-order chi connectivity index (χ0) is 22.5. The van der Waals surface area contributed by atoms with Crippen LogP contribution < -0.4 is 15.0 Å². The molecule has 1 fully saturated rings. The van der Waals surface area contributed by atoms with E-state index in [1.165, 1.54) is 25.0 Å². The fraction of sp³-hybridized carbons (Fsp3) is 0.280. The summed E-state index contributed by atoms with van der Waals surface area (Å²) in [5, 5.41) is 3.66. The third-order valence-corrected chi connectivity index (χ3v) is 5.43. The molecule has 1 aliphatic heterocycles. The first kappa shape index (κ1) is 21.5. The van der Waals surface area contributed by atoms with Crippen molar-refractivity contribution in [3.05, 3.63) is 59.9 Å². The number of fused-ring (bicyclic) bond motifs is 1. The van der Waals surface area contributed by atoms with Gasteiger partial charge in [-0.2, -0.15) is 0 Å². The maximum atomic E-state index is 12.2. The van der Waals surface area contributed by atoms with Crippen molar-refractivity contribution in [3.63, 3.8) is 0 Å². The minimum atomic E-state index is -0.631. The second kappa shape index (κ2) is 9.60. The molecule has 1 aliphatic rings. The van der Waals surface area contributed by atoms with E-state index in [4.69, 9.17) is 13.9 Å². The molecular weight excluding hydrogens is 408 g/mol. The number of ether oxygens (including phenoxy) is 2. The van der Waals surface area contributed by atoms with Gasteiger partial charge in [-0.05, 0) is 61.7 Å². The van der Waals surface area contributed by atoms with Crippen molar-refractivity contribution in [1.82, 2.24) is 0 Å². The SMILES string of the molecule is COc1cccc2cc(C=CC(=O)OCC(=O)Nc3ccc(N4CCCC4)cc3C)oc12. The van der Waals surface area contributed by atoms with Crippen molar-refractivity contribution in [3.8, 4) is 5.75 Å². The first-order valence-corrected chi connectivity index (χ1v) is 10.6. The number of hydrogen-bond donors (Lipinski definition) is 1. The van der Waals surface area contributed by atoms with Crippen molar-refractivity contribution >= 4 is 40.3 Å². The van der Waals surface area contributed by atoms with Crippen LogP contribution in [-0.4, -0.2) is 38.7 Å². The highest BCUT2D eigenvalue weighted by molar-refractivity contribution is 5.95. The van der Waals surface area contributed by atoms with Gasteiger partial charge in [0.25, 0.3) is 5.91 Å². The zero-order valence-electron chi connectivity index (χ0n) is 18.2. The molecule has 1 N–H and O–H groups in total. The van der Waals surface area contributed by atoms with Gasteiger partial charge in [0.2, 0.25) is 0 Å². The zero-order valence-corrected chi connectivity index (χ0v) is 18.2. The van der Waals surface area contributed by atoms with Gasteiger partial charge in [-0.1, -0.05) is 12.1 Å². The Hall–Kier alpha value is -3.74. The van der Waals surface area contributed by atoms with Gasteiger partial charge in [0, 0.05) is 35.9 Å². The molecule has 7 nitrogen and oxygen atoms in total. The van der Waals surface area contributed by atoms with E-state index >= 15 is 0 Å². The van der Waals surface area contributed by atoms with Crippen LogP contribution in [-0.2, 0) is 14.3 Å². The number of nitrogens with zero attached hydrogens (tertiary/aromatic N) is 1. The topological polar surface area (TPSA) is 81.0 Å². The molecule has 0 unspecified atom stereocenters. The average Bonchev–Trinajstić information content (AvgIpc) is 3.47. The molecule has 0 aliphatic carbocycles. The molecule has 32 heavy (non-hydrogen) atoms. The van der Waals surface area contributed by atoms with Crippen LogP contribution in [0.4, 0.5) is 11.4 Å². The number of anilines is 2. The number of carbonyl (C=O) groups excluding carboxylic acids is 2. The largest absolute Gasteiger partial charge is 0.493 e. The van der Waals surface area contributed by atoms with Gasteiger partial charge >= 0.3 is 5.97 Å². The van der Waals surface area contributed by atoms with Crippen LogP contribution in [0, 0.1) is 6.92 Å². The molecule has 2 aromatic carbocycles. The molecule has 1 aromatic heterocycles. The van der Waals surface area contributed by atoms with Gasteiger partial charge in [-0.25, -0.2) is 4.79 Å². The quantitative estimate of drug-likeness (QED) is 0.434. The number of nitrogens with one attached hydrogen (secondary N) is 1. The maximum absolute atomic E-state index is 12.2. The second-order valence-electron chi connectivity index (χ2n) is 7.71. The van der Waals surface area contributed by atoms with Crippen LogP contribution in [0.1, 0.15) is 24.2 Å². The first-order valence-electron chi connectivity index (χ1n) is 10.6. The van der Waals surface area contributed by atoms with Crippen molar-refractivity contribution in [1.29, 1.82) is 0 Å². The number of esters is 1. The summed E-state index contributed by atoms with van der Waals surface area (Å²) < 4.78 is 16.0. The van der Waals surface area contributed by atoms with E-state index in [2.05, 4.69) is 16.3 Å². The lowest BCUT2D eigenvalue weighted by Crippen LogP contribution is -2.21. The molecule has 0 spiro atoms. The van der Waals surface area contributed by atoms with Crippen molar-refractivity contribution in [2.75, 3.05) is 37.0 Å². The van der Waals surface area contributed by atoms with E-state index in [9.17, 15) is 9.59 Å². The van der Waals surface area contributed by atoms with Crippen LogP contribution in [0.25, 0.3) is 17.0 Å². The molecule has 7 heteroatoms. The molecule has 0 atom stereocenters. The van der Waals surface area contributed by atoms with Crippen LogP contribution in [0.15, 0.2) is 53.0 Å². The lowest BCUT2D eigenvalue weighted by molar-refractivity contribution is -0.142. The number of amides is 1. The van der Waals surface area contributed by atoms with Crippen molar-refractivity contribution in [2.45, 2.75) is 19.8 Å². The van der Waals surface area contributed by atoms with E-state index < -0.39 is 11.9 Å². The Kier molecular flexibility index (Phi) is 6.44. The van der Waals surface area contributed by atoms with Gasteiger partial charge in [-0.3, -0.25) is 4.79 Å². The normalized spacial score (nSPS) is 13.6. The summed E-state index contributed by atoms with van der Waals surface area (Å²) in [4.78, 5) is 26.6. The third kappa shape index (κ3) is 4.94. The van der Waals surface area contributed by atoms with E-state index in [1.54, 1.807) is 19.2 Å². The van der Waals surface area contributed by atoms with Crippen molar-refractivity contribution in [2.24, 2.45) is 0 Å². The summed E-state index contributed by atoms with van der Waals surface area (Å²) in [5.41, 5.74) is 3.45. The summed E-state index contributed by atoms with van der Waals surface area (Å²) in [6, 6.07) is 13.3. The molecule has 3 aromatic rings. The Morgan fingerprint density at radius 1 is 1.16 bits per heavy atom. The van der Waals surface area contributed by atoms with E-state index in [-0.39, 0.29) is 6.61 Å². The molecule has 0 bridgehead atoms. The molecular formula is C25H26N2O5. The fourth-order valence-corrected chi connectivity index (χ4v) is 3.78. The van der Waals surface area contributed by atoms with Gasteiger partial charge in [0.1, 0.15) is 5.76 Å². The minimum Gasteiger partial charge on any atom is -0.493 e. The molecule has 4 rings (SSSR count). The Labute approximate surface area is 186 Å². The summed E-state index contributed by atoms with van der Waals surface area (Å²) in [6.07, 6.45) is 5.15. The Bertz CT molecular complexity index is 1160. The summed E-state index contributed by atoms with van der Waals surface area (Å²) in [5.74, 6) is 0.0793. The lowest BCUT2D eigenvalue weighted by atomic mass is 10.1. The van der Waals surface area contributed by atoms with Crippen molar-refractivity contribution < 1.29 is 23.5 Å². The summed E-state index contributed by atoms with van der Waals surface area (Å²) in [7, 11) is 1.57. The van der Waals surface area contributed by atoms with Crippen LogP contribution >= 0.6 is 0 Å². The number of hydrogen-bond acceptors (Lipinski definition) is 6. The fourth-order valence-electron chi connectivity index (χ4n) is 3.78. The smallest absolute Gasteiger partial charge is 0.331 e. The number of para-hydroxylation sites is 1. The highest BCUT2D eigenvalue weighted by atomic mass is 16.5. The predicted octanol–water partition coefficient (Wildman–Crippen LogP) is 4.55. The first-order chi connectivity index (χ1) is 15.5. The van der Waals surface area contributed by atoms with Gasteiger partial charge < -0.3 is 24.1 Å². The van der Waals surface area contributed by atoms with Crippen LogP contribution in [0.5, 0.6) is 5.75 Å². The number of aryl methyl sites for hydroxylation is 1. The summed E-state index contributed by atoms with van der Waals surface area (Å²) >= 11 is 0. The Morgan fingerprint density at radius 3 is 2.72 bits per heavy atom.